The number of anilines is 3. The van der Waals surface area contributed by atoms with Gasteiger partial charge in [0.25, 0.3) is 10.0 Å². The molecule has 3 aromatic rings. The maximum atomic E-state index is 12.9. The lowest BCUT2D eigenvalue weighted by molar-refractivity contribution is -0.116. The second-order valence-corrected chi connectivity index (χ2v) is 11.8. The molecular formula is C25H29N3O7S2. The van der Waals surface area contributed by atoms with Crippen molar-refractivity contribution in [3.8, 4) is 11.5 Å². The van der Waals surface area contributed by atoms with E-state index in [1.807, 2.05) is 6.92 Å². The third-order valence-electron chi connectivity index (χ3n) is 5.45. The summed E-state index contributed by atoms with van der Waals surface area (Å²) in [6.07, 6.45) is 1.01. The molecule has 0 aliphatic heterocycles. The van der Waals surface area contributed by atoms with Crippen LogP contribution < -0.4 is 23.8 Å². The minimum atomic E-state index is -3.94. The molecule has 1 unspecified atom stereocenters. The van der Waals surface area contributed by atoms with Gasteiger partial charge in [0.1, 0.15) is 17.5 Å². The molecule has 12 heteroatoms. The summed E-state index contributed by atoms with van der Waals surface area (Å²) >= 11 is 0. The third-order valence-corrected chi connectivity index (χ3v) is 8.07. The normalized spacial score (nSPS) is 12.4. The standard InChI is InChI=1S/C25H29N3O7S2/c1-17-6-15-24(35-4)23(16-17)27-37(32,33)22-13-7-19(8-14-22)26-25(29)18(2)28(36(5,30)31)20-9-11-21(34-3)12-10-20/h6-16,18,27H,1-5H3,(H,26,29). The van der Waals surface area contributed by atoms with Crippen LogP contribution in [-0.2, 0) is 24.8 Å². The second kappa shape index (κ2) is 11.1. The fourth-order valence-corrected chi connectivity index (χ4v) is 5.84. The monoisotopic (exact) mass is 547 g/mol. The van der Waals surface area contributed by atoms with E-state index in [1.54, 1.807) is 42.5 Å². The Kier molecular flexibility index (Phi) is 8.34. The largest absolute Gasteiger partial charge is 0.497 e. The molecule has 0 spiro atoms. The number of carbonyl (C=O) groups excluding carboxylic acids is 1. The Labute approximate surface area is 217 Å². The molecule has 0 heterocycles. The average molecular weight is 548 g/mol. The summed E-state index contributed by atoms with van der Waals surface area (Å²) in [5, 5.41) is 2.64. The van der Waals surface area contributed by atoms with Crippen molar-refractivity contribution in [3.63, 3.8) is 0 Å². The van der Waals surface area contributed by atoms with Crippen LogP contribution in [0.3, 0.4) is 0 Å². The molecule has 0 bridgehead atoms. The van der Waals surface area contributed by atoms with E-state index in [4.69, 9.17) is 9.47 Å². The van der Waals surface area contributed by atoms with Crippen LogP contribution in [-0.4, -0.2) is 49.3 Å². The molecule has 0 saturated carbocycles. The Bertz CT molecular complexity index is 1470. The smallest absolute Gasteiger partial charge is 0.262 e. The van der Waals surface area contributed by atoms with Crippen molar-refractivity contribution in [1.29, 1.82) is 0 Å². The molecule has 0 aromatic heterocycles. The van der Waals surface area contributed by atoms with Gasteiger partial charge in [-0.25, -0.2) is 16.8 Å². The van der Waals surface area contributed by atoms with E-state index in [0.29, 0.717) is 28.6 Å². The van der Waals surface area contributed by atoms with Crippen LogP contribution in [0.4, 0.5) is 17.1 Å². The summed E-state index contributed by atoms with van der Waals surface area (Å²) in [7, 11) is -4.81. The van der Waals surface area contributed by atoms with Gasteiger partial charge in [0.2, 0.25) is 15.9 Å². The first-order valence-electron chi connectivity index (χ1n) is 11.1. The summed E-state index contributed by atoms with van der Waals surface area (Å²) in [5.41, 5.74) is 1.74. The summed E-state index contributed by atoms with van der Waals surface area (Å²) in [5.74, 6) is 0.318. The van der Waals surface area contributed by atoms with Crippen LogP contribution in [0.25, 0.3) is 0 Å². The number of ether oxygens (including phenoxy) is 2. The Hall–Kier alpha value is -3.77. The van der Waals surface area contributed by atoms with Gasteiger partial charge in [-0.3, -0.25) is 13.8 Å². The SMILES string of the molecule is COc1ccc(N(C(C)C(=O)Nc2ccc(S(=O)(=O)Nc3cc(C)ccc3OC)cc2)S(C)(=O)=O)cc1. The molecule has 0 saturated heterocycles. The van der Waals surface area contributed by atoms with Crippen molar-refractivity contribution in [2.45, 2.75) is 24.8 Å². The van der Waals surface area contributed by atoms with Gasteiger partial charge in [-0.2, -0.15) is 0 Å². The number of nitrogens with one attached hydrogen (secondary N) is 2. The zero-order chi connectivity index (χ0) is 27.4. The van der Waals surface area contributed by atoms with Crippen molar-refractivity contribution >= 4 is 43.0 Å². The van der Waals surface area contributed by atoms with Gasteiger partial charge >= 0.3 is 0 Å². The summed E-state index contributed by atoms with van der Waals surface area (Å²) in [6, 6.07) is 15.8. The van der Waals surface area contributed by atoms with Crippen molar-refractivity contribution < 1.29 is 31.1 Å². The molecule has 198 valence electrons. The molecule has 0 radical (unpaired) electrons. The van der Waals surface area contributed by atoms with E-state index in [1.165, 1.54) is 45.4 Å². The molecule has 0 aliphatic rings. The minimum Gasteiger partial charge on any atom is -0.497 e. The van der Waals surface area contributed by atoms with Crippen molar-refractivity contribution in [3.05, 3.63) is 72.3 Å². The molecule has 2 N–H and O–H groups in total. The first-order chi connectivity index (χ1) is 17.4. The summed E-state index contributed by atoms with van der Waals surface area (Å²) < 4.78 is 64.6. The quantitative estimate of drug-likeness (QED) is 0.396. The van der Waals surface area contributed by atoms with E-state index in [9.17, 15) is 21.6 Å². The van der Waals surface area contributed by atoms with Gasteiger partial charge in [0, 0.05) is 5.69 Å². The number of amides is 1. The first kappa shape index (κ1) is 27.8. The van der Waals surface area contributed by atoms with Gasteiger partial charge in [0.05, 0.1) is 36.7 Å². The second-order valence-electron chi connectivity index (χ2n) is 8.26. The van der Waals surface area contributed by atoms with Crippen LogP contribution in [0.15, 0.2) is 71.6 Å². The molecule has 0 fully saturated rings. The molecule has 3 rings (SSSR count). The molecule has 0 aliphatic carbocycles. The number of carbonyl (C=O) groups is 1. The predicted octanol–water partition coefficient (Wildman–Crippen LogP) is 3.61. The number of nitrogens with zero attached hydrogens (tertiary/aromatic N) is 1. The lowest BCUT2D eigenvalue weighted by Gasteiger charge is -2.28. The topological polar surface area (TPSA) is 131 Å². The Balaban J connectivity index is 1.78. The fourth-order valence-electron chi connectivity index (χ4n) is 3.61. The maximum absolute atomic E-state index is 12.9. The first-order valence-corrected chi connectivity index (χ1v) is 14.4. The minimum absolute atomic E-state index is 0.0295. The van der Waals surface area contributed by atoms with Crippen molar-refractivity contribution in [2.75, 3.05) is 34.8 Å². The lowest BCUT2D eigenvalue weighted by Crippen LogP contribution is -2.45. The van der Waals surface area contributed by atoms with Gasteiger partial charge in [-0.05, 0) is 80.1 Å². The van der Waals surface area contributed by atoms with Crippen LogP contribution in [0.1, 0.15) is 12.5 Å². The maximum Gasteiger partial charge on any atom is 0.262 e. The number of hydrogen-bond donors (Lipinski definition) is 2. The number of hydrogen-bond acceptors (Lipinski definition) is 7. The van der Waals surface area contributed by atoms with Crippen LogP contribution in [0.2, 0.25) is 0 Å². The Morgan fingerprint density at radius 2 is 1.51 bits per heavy atom. The number of methoxy groups -OCH3 is 2. The van der Waals surface area contributed by atoms with Crippen LogP contribution in [0.5, 0.6) is 11.5 Å². The third kappa shape index (κ3) is 6.71. The number of benzene rings is 3. The highest BCUT2D eigenvalue weighted by Crippen LogP contribution is 2.28. The molecule has 37 heavy (non-hydrogen) atoms. The molecule has 3 aromatic carbocycles. The highest BCUT2D eigenvalue weighted by molar-refractivity contribution is 7.92. The van der Waals surface area contributed by atoms with E-state index in [0.717, 1.165) is 16.1 Å². The predicted molar refractivity (Wildman–Crippen MR) is 143 cm³/mol. The van der Waals surface area contributed by atoms with Crippen LogP contribution in [0, 0.1) is 6.92 Å². The van der Waals surface area contributed by atoms with Gasteiger partial charge < -0.3 is 14.8 Å². The average Bonchev–Trinajstić information content (AvgIpc) is 2.84. The molecule has 10 nitrogen and oxygen atoms in total. The Morgan fingerprint density at radius 1 is 0.892 bits per heavy atom. The van der Waals surface area contributed by atoms with E-state index < -0.39 is 32.0 Å². The summed E-state index contributed by atoms with van der Waals surface area (Å²) in [6.45, 7) is 3.29. The van der Waals surface area contributed by atoms with Gasteiger partial charge in [0.15, 0.2) is 0 Å². The molecule has 1 amide bonds. The number of sulfonamides is 2. The molecule has 1 atom stereocenters. The van der Waals surface area contributed by atoms with Crippen molar-refractivity contribution in [1.82, 2.24) is 0 Å². The molecular weight excluding hydrogens is 518 g/mol. The van der Waals surface area contributed by atoms with Gasteiger partial charge in [-0.1, -0.05) is 6.07 Å². The highest BCUT2D eigenvalue weighted by atomic mass is 32.2. The van der Waals surface area contributed by atoms with E-state index in [-0.39, 0.29) is 4.90 Å². The van der Waals surface area contributed by atoms with E-state index >= 15 is 0 Å². The van der Waals surface area contributed by atoms with Crippen LogP contribution >= 0.6 is 0 Å². The highest BCUT2D eigenvalue weighted by Gasteiger charge is 2.29. The zero-order valence-corrected chi connectivity index (χ0v) is 22.7. The summed E-state index contributed by atoms with van der Waals surface area (Å²) in [4.78, 5) is 12.9. The van der Waals surface area contributed by atoms with E-state index in [2.05, 4.69) is 10.0 Å². The fraction of sp³-hybridized carbons (Fsp3) is 0.240. The lowest BCUT2D eigenvalue weighted by atomic mass is 10.2. The number of aryl methyl sites for hydroxylation is 1. The zero-order valence-electron chi connectivity index (χ0n) is 21.0. The Morgan fingerprint density at radius 3 is 2.05 bits per heavy atom. The number of rotatable bonds is 10. The van der Waals surface area contributed by atoms with Crippen molar-refractivity contribution in [2.24, 2.45) is 0 Å². The van der Waals surface area contributed by atoms with Gasteiger partial charge in [-0.15, -0.1) is 0 Å².